The highest BCUT2D eigenvalue weighted by atomic mass is 32.2. The second-order valence-corrected chi connectivity index (χ2v) is 7.98. The van der Waals surface area contributed by atoms with Gasteiger partial charge in [-0.3, -0.25) is 9.59 Å². The van der Waals surface area contributed by atoms with Crippen LogP contribution in [0.25, 0.3) is 0 Å². The van der Waals surface area contributed by atoms with Crippen LogP contribution in [0.4, 0.5) is 0 Å². The fraction of sp³-hybridized carbons (Fsp3) is 0.529. The Morgan fingerprint density at radius 2 is 1.96 bits per heavy atom. The highest BCUT2D eigenvalue weighted by Gasteiger charge is 2.33. The average Bonchev–Trinajstić information content (AvgIpc) is 2.60. The van der Waals surface area contributed by atoms with Gasteiger partial charge in [0.05, 0.1) is 17.4 Å². The van der Waals surface area contributed by atoms with Crippen molar-refractivity contribution in [2.24, 2.45) is 5.92 Å². The fourth-order valence-electron chi connectivity index (χ4n) is 2.75. The predicted molar refractivity (Wildman–Crippen MR) is 92.3 cm³/mol. The Morgan fingerprint density at radius 1 is 1.28 bits per heavy atom. The minimum Gasteiger partial charge on any atom is -0.465 e. The van der Waals surface area contributed by atoms with Crippen LogP contribution in [0.1, 0.15) is 25.3 Å². The number of benzene rings is 1. The van der Waals surface area contributed by atoms with E-state index in [0.29, 0.717) is 19.4 Å². The highest BCUT2D eigenvalue weighted by molar-refractivity contribution is 7.89. The minimum atomic E-state index is -3.62. The summed E-state index contributed by atoms with van der Waals surface area (Å²) in [6.45, 7) is 4.13. The molecule has 1 heterocycles. The number of ether oxygens (including phenoxy) is 1. The summed E-state index contributed by atoms with van der Waals surface area (Å²) in [4.78, 5) is 23.8. The lowest BCUT2D eigenvalue weighted by Crippen LogP contribution is -2.46. The zero-order valence-electron chi connectivity index (χ0n) is 14.5. The normalized spacial score (nSPS) is 18.6. The van der Waals surface area contributed by atoms with E-state index in [1.807, 2.05) is 6.92 Å². The van der Waals surface area contributed by atoms with Crippen LogP contribution in [0, 0.1) is 12.8 Å². The van der Waals surface area contributed by atoms with Crippen molar-refractivity contribution in [1.82, 2.24) is 9.62 Å². The molecule has 0 spiro atoms. The molecule has 1 aliphatic heterocycles. The zero-order chi connectivity index (χ0) is 18.4. The number of hydrogen-bond donors (Lipinski definition) is 1. The maximum Gasteiger partial charge on any atom is 0.325 e. The Bertz CT molecular complexity index is 715. The lowest BCUT2D eigenvalue weighted by atomic mass is 9.99. The van der Waals surface area contributed by atoms with E-state index in [4.69, 9.17) is 4.74 Å². The van der Waals surface area contributed by atoms with Gasteiger partial charge in [-0.1, -0.05) is 17.7 Å². The molecular weight excluding hydrogens is 344 g/mol. The van der Waals surface area contributed by atoms with Gasteiger partial charge in [-0.2, -0.15) is 4.31 Å². The highest BCUT2D eigenvalue weighted by Crippen LogP contribution is 2.24. The average molecular weight is 368 g/mol. The lowest BCUT2D eigenvalue weighted by Gasteiger charge is -2.31. The summed E-state index contributed by atoms with van der Waals surface area (Å²) in [5.74, 6) is -1.30. The first-order chi connectivity index (χ1) is 11.8. The van der Waals surface area contributed by atoms with Gasteiger partial charge in [0, 0.05) is 13.1 Å². The van der Waals surface area contributed by atoms with E-state index >= 15 is 0 Å². The van der Waals surface area contributed by atoms with E-state index in [-0.39, 0.29) is 30.5 Å². The third kappa shape index (κ3) is 5.02. The topological polar surface area (TPSA) is 92.8 Å². The number of carbonyl (C=O) groups is 2. The van der Waals surface area contributed by atoms with Gasteiger partial charge in [0.15, 0.2) is 0 Å². The van der Waals surface area contributed by atoms with Gasteiger partial charge >= 0.3 is 5.97 Å². The summed E-state index contributed by atoms with van der Waals surface area (Å²) in [6.07, 6.45) is 1.19. The number of esters is 1. The monoisotopic (exact) mass is 368 g/mol. The second-order valence-electron chi connectivity index (χ2n) is 6.04. The molecule has 1 aliphatic rings. The number of sulfonamides is 1. The number of nitrogens with zero attached hydrogens (tertiary/aromatic N) is 1. The Morgan fingerprint density at radius 3 is 2.60 bits per heavy atom. The van der Waals surface area contributed by atoms with Gasteiger partial charge in [-0.05, 0) is 38.8 Å². The van der Waals surface area contributed by atoms with Crippen molar-refractivity contribution >= 4 is 21.9 Å². The Labute approximate surface area is 148 Å². The molecule has 25 heavy (non-hydrogen) atoms. The summed E-state index contributed by atoms with van der Waals surface area (Å²) >= 11 is 0. The summed E-state index contributed by atoms with van der Waals surface area (Å²) < 4.78 is 31.6. The van der Waals surface area contributed by atoms with Crippen LogP contribution in [0.5, 0.6) is 0 Å². The van der Waals surface area contributed by atoms with Gasteiger partial charge < -0.3 is 10.1 Å². The first kappa shape index (κ1) is 19.4. The van der Waals surface area contributed by atoms with E-state index in [1.165, 1.54) is 4.31 Å². The molecule has 0 bridgehead atoms. The Balaban J connectivity index is 2.01. The first-order valence-electron chi connectivity index (χ1n) is 8.34. The molecule has 1 aromatic rings. The zero-order valence-corrected chi connectivity index (χ0v) is 15.3. The van der Waals surface area contributed by atoms with Crippen LogP contribution in [-0.4, -0.2) is 50.8 Å². The van der Waals surface area contributed by atoms with Gasteiger partial charge in [0.1, 0.15) is 6.54 Å². The summed E-state index contributed by atoms with van der Waals surface area (Å²) in [7, 11) is -3.62. The molecule has 0 aliphatic carbocycles. The van der Waals surface area contributed by atoms with Gasteiger partial charge in [-0.25, -0.2) is 8.42 Å². The predicted octanol–water partition coefficient (Wildman–Crippen LogP) is 1.08. The molecule has 1 atom stereocenters. The van der Waals surface area contributed by atoms with Crippen molar-refractivity contribution in [1.29, 1.82) is 0 Å². The van der Waals surface area contributed by atoms with Crippen LogP contribution in [0.2, 0.25) is 0 Å². The van der Waals surface area contributed by atoms with Gasteiger partial charge in [0.25, 0.3) is 0 Å². The third-order valence-corrected chi connectivity index (χ3v) is 6.01. The standard InChI is InChI=1S/C17H24N2O5S/c1-3-24-16(20)11-18-17(21)14-5-4-10-19(12-14)25(22,23)15-8-6-13(2)7-9-15/h6-9,14H,3-5,10-12H2,1-2H3,(H,18,21)/t14-/m0/s1. The SMILES string of the molecule is CCOC(=O)CNC(=O)[C@H]1CCCN(S(=O)(=O)c2ccc(C)cc2)C1. The summed E-state index contributed by atoms with van der Waals surface area (Å²) in [5.41, 5.74) is 0.980. The second kappa shape index (κ2) is 8.44. The van der Waals surface area contributed by atoms with Crippen LogP contribution in [0.15, 0.2) is 29.2 Å². The molecule has 0 saturated carbocycles. The third-order valence-electron chi connectivity index (χ3n) is 4.13. The van der Waals surface area contributed by atoms with E-state index < -0.39 is 21.9 Å². The fourth-order valence-corrected chi connectivity index (χ4v) is 4.27. The number of aryl methyl sites for hydroxylation is 1. The van der Waals surface area contributed by atoms with Crippen LogP contribution >= 0.6 is 0 Å². The van der Waals surface area contributed by atoms with E-state index in [1.54, 1.807) is 31.2 Å². The number of amides is 1. The van der Waals surface area contributed by atoms with Gasteiger partial charge in [0.2, 0.25) is 15.9 Å². The molecule has 138 valence electrons. The molecular formula is C17H24N2O5S. The molecule has 1 saturated heterocycles. The van der Waals surface area contributed by atoms with Crippen LogP contribution < -0.4 is 5.32 Å². The maximum absolute atomic E-state index is 12.7. The molecule has 8 heteroatoms. The number of rotatable bonds is 6. The van der Waals surface area contributed by atoms with Crippen molar-refractivity contribution < 1.29 is 22.7 Å². The number of hydrogen-bond acceptors (Lipinski definition) is 5. The minimum absolute atomic E-state index is 0.116. The molecule has 1 fully saturated rings. The smallest absolute Gasteiger partial charge is 0.325 e. The molecule has 0 aromatic heterocycles. The van der Waals surface area contributed by atoms with E-state index in [0.717, 1.165) is 5.56 Å². The van der Waals surface area contributed by atoms with Gasteiger partial charge in [-0.15, -0.1) is 0 Å². The maximum atomic E-state index is 12.7. The molecule has 0 unspecified atom stereocenters. The Hall–Kier alpha value is -1.93. The lowest BCUT2D eigenvalue weighted by molar-refractivity contribution is -0.144. The van der Waals surface area contributed by atoms with E-state index in [2.05, 4.69) is 5.32 Å². The van der Waals surface area contributed by atoms with Crippen LogP contribution in [-0.2, 0) is 24.3 Å². The van der Waals surface area contributed by atoms with E-state index in [9.17, 15) is 18.0 Å². The quantitative estimate of drug-likeness (QED) is 0.759. The van der Waals surface area contributed by atoms with Crippen molar-refractivity contribution in [2.75, 3.05) is 26.2 Å². The Kier molecular flexibility index (Phi) is 6.55. The first-order valence-corrected chi connectivity index (χ1v) is 9.78. The van der Waals surface area contributed by atoms with Crippen molar-refractivity contribution in [3.63, 3.8) is 0 Å². The number of piperidine rings is 1. The number of carbonyl (C=O) groups excluding carboxylic acids is 2. The molecule has 0 radical (unpaired) electrons. The largest absolute Gasteiger partial charge is 0.465 e. The molecule has 1 aromatic carbocycles. The molecule has 7 nitrogen and oxygen atoms in total. The number of nitrogens with one attached hydrogen (secondary N) is 1. The summed E-state index contributed by atoms with van der Waals surface area (Å²) in [6, 6.07) is 6.66. The molecule has 2 rings (SSSR count). The van der Waals surface area contributed by atoms with Crippen molar-refractivity contribution in [2.45, 2.75) is 31.6 Å². The molecule has 1 N–H and O–H groups in total. The summed E-state index contributed by atoms with van der Waals surface area (Å²) in [5, 5.41) is 2.52. The van der Waals surface area contributed by atoms with Crippen molar-refractivity contribution in [3.05, 3.63) is 29.8 Å². The van der Waals surface area contributed by atoms with Crippen LogP contribution in [0.3, 0.4) is 0 Å². The van der Waals surface area contributed by atoms with Crippen molar-refractivity contribution in [3.8, 4) is 0 Å². The molecule has 1 amide bonds.